The molecule has 0 spiro atoms. The molecule has 42 heavy (non-hydrogen) atoms. The summed E-state index contributed by atoms with van der Waals surface area (Å²) >= 11 is 0. The third-order valence-corrected chi connectivity index (χ3v) is 8.57. The van der Waals surface area contributed by atoms with Gasteiger partial charge in [0.15, 0.2) is 6.61 Å². The summed E-state index contributed by atoms with van der Waals surface area (Å²) in [5.74, 6) is -1.05. The number of benzene rings is 3. The summed E-state index contributed by atoms with van der Waals surface area (Å²) in [6.07, 6.45) is 0. The van der Waals surface area contributed by atoms with Crippen LogP contribution in [0, 0.1) is 5.82 Å². The molecule has 0 aliphatic carbocycles. The number of hydrogen-bond acceptors (Lipinski definition) is 7. The second kappa shape index (κ2) is 14.9. The molecule has 1 atom stereocenters. The van der Waals surface area contributed by atoms with Crippen molar-refractivity contribution in [1.82, 2.24) is 14.5 Å². The fraction of sp³-hybridized carbons (Fsp3) is 0.333. The number of methoxy groups -OCH3 is 1. The van der Waals surface area contributed by atoms with E-state index in [1.54, 1.807) is 36.4 Å². The molecule has 1 fully saturated rings. The quantitative estimate of drug-likeness (QED) is 0.301. The van der Waals surface area contributed by atoms with Crippen molar-refractivity contribution in [1.29, 1.82) is 0 Å². The van der Waals surface area contributed by atoms with Crippen LogP contribution in [0.4, 0.5) is 4.39 Å². The zero-order chi connectivity index (χ0) is 30.0. The van der Waals surface area contributed by atoms with Gasteiger partial charge in [0.25, 0.3) is 5.91 Å². The molecule has 1 saturated heterocycles. The molecular weight excluding hydrogens is 565 g/mol. The highest BCUT2D eigenvalue weighted by Gasteiger charge is 2.32. The second-order valence-electron chi connectivity index (χ2n) is 9.52. The van der Waals surface area contributed by atoms with Crippen molar-refractivity contribution in [3.8, 4) is 5.75 Å². The first kappa shape index (κ1) is 31.1. The number of amides is 2. The number of carbonyl (C=O) groups is 2. The Bertz CT molecular complexity index is 1420. The van der Waals surface area contributed by atoms with Crippen LogP contribution >= 0.6 is 0 Å². The molecule has 1 heterocycles. The van der Waals surface area contributed by atoms with Gasteiger partial charge in [0.1, 0.15) is 17.6 Å². The van der Waals surface area contributed by atoms with Crippen LogP contribution in [0.2, 0.25) is 0 Å². The zero-order valence-electron chi connectivity index (χ0n) is 23.3. The Morgan fingerprint density at radius 2 is 1.67 bits per heavy atom. The fourth-order valence-electron chi connectivity index (χ4n) is 4.46. The Labute approximate surface area is 245 Å². The Morgan fingerprint density at radius 3 is 2.31 bits per heavy atom. The summed E-state index contributed by atoms with van der Waals surface area (Å²) in [6, 6.07) is 19.3. The Hall–Kier alpha value is -3.84. The number of hydrogen-bond donors (Lipinski definition) is 1. The maximum Gasteiger partial charge on any atom is 0.261 e. The lowest BCUT2D eigenvalue weighted by Gasteiger charge is -2.31. The van der Waals surface area contributed by atoms with Crippen molar-refractivity contribution in [2.24, 2.45) is 0 Å². The molecule has 3 aromatic rings. The number of carbonyl (C=O) groups excluding carboxylic acids is 2. The van der Waals surface area contributed by atoms with Gasteiger partial charge in [-0.25, -0.2) is 12.8 Å². The third kappa shape index (κ3) is 8.13. The van der Waals surface area contributed by atoms with Crippen LogP contribution in [0.15, 0.2) is 83.8 Å². The normalized spacial score (nSPS) is 14.6. The number of morpholine rings is 1. The molecule has 0 saturated carbocycles. The van der Waals surface area contributed by atoms with Gasteiger partial charge in [0, 0.05) is 33.3 Å². The first-order valence-electron chi connectivity index (χ1n) is 13.5. The van der Waals surface area contributed by atoms with E-state index in [0.717, 1.165) is 0 Å². The lowest BCUT2D eigenvalue weighted by atomic mass is 10.0. The number of rotatable bonds is 13. The second-order valence-corrected chi connectivity index (χ2v) is 11.5. The van der Waals surface area contributed by atoms with Gasteiger partial charge >= 0.3 is 0 Å². The molecule has 0 radical (unpaired) electrons. The highest BCUT2D eigenvalue weighted by Crippen LogP contribution is 2.25. The van der Waals surface area contributed by atoms with Crippen LogP contribution in [0.5, 0.6) is 5.75 Å². The van der Waals surface area contributed by atoms with Crippen molar-refractivity contribution in [3.63, 3.8) is 0 Å². The van der Waals surface area contributed by atoms with Crippen LogP contribution in [0.1, 0.15) is 17.2 Å². The van der Waals surface area contributed by atoms with E-state index >= 15 is 0 Å². The van der Waals surface area contributed by atoms with Crippen molar-refractivity contribution in [2.45, 2.75) is 17.5 Å². The monoisotopic (exact) mass is 599 g/mol. The zero-order valence-corrected chi connectivity index (χ0v) is 24.1. The topological polar surface area (TPSA) is 114 Å². The average molecular weight is 600 g/mol. The van der Waals surface area contributed by atoms with Crippen LogP contribution in [-0.4, -0.2) is 82.6 Å². The third-order valence-electron chi connectivity index (χ3n) is 6.66. The summed E-state index contributed by atoms with van der Waals surface area (Å²) in [4.78, 5) is 28.6. The maximum absolute atomic E-state index is 13.7. The molecular formula is C30H34FN3O7S. The average Bonchev–Trinajstić information content (AvgIpc) is 3.02. The molecule has 12 heteroatoms. The summed E-state index contributed by atoms with van der Waals surface area (Å²) in [5, 5.41) is 2.81. The largest absolute Gasteiger partial charge is 0.484 e. The van der Waals surface area contributed by atoms with Crippen LogP contribution in [-0.2, 0) is 35.6 Å². The fourth-order valence-corrected chi connectivity index (χ4v) is 5.87. The summed E-state index contributed by atoms with van der Waals surface area (Å²) < 4.78 is 56.8. The highest BCUT2D eigenvalue weighted by molar-refractivity contribution is 7.89. The van der Waals surface area contributed by atoms with E-state index in [1.165, 1.54) is 52.7 Å². The van der Waals surface area contributed by atoms with Crippen LogP contribution in [0.25, 0.3) is 0 Å². The summed E-state index contributed by atoms with van der Waals surface area (Å²) in [7, 11) is -2.16. The Morgan fingerprint density at radius 1 is 1.00 bits per heavy atom. The van der Waals surface area contributed by atoms with Gasteiger partial charge in [-0.15, -0.1) is 0 Å². The van der Waals surface area contributed by atoms with Crippen molar-refractivity contribution in [2.75, 3.05) is 53.2 Å². The minimum Gasteiger partial charge on any atom is -0.484 e. The first-order chi connectivity index (χ1) is 20.3. The van der Waals surface area contributed by atoms with E-state index in [4.69, 9.17) is 14.2 Å². The van der Waals surface area contributed by atoms with Crippen LogP contribution < -0.4 is 10.1 Å². The molecule has 4 rings (SSSR count). The standard InChI is InChI=1S/C30H34FN3O7S/c1-39-18-15-32-30(36)29(24-5-3-2-4-6-24)34(21-23-7-9-25(31)10-8-23)28(35)22-41-26-11-13-27(14-12-26)42(37,38)33-16-19-40-20-17-33/h2-14,29H,15-22H2,1H3,(H,32,36). The molecule has 0 aromatic heterocycles. The van der Waals surface area contributed by atoms with Gasteiger partial charge in [-0.2, -0.15) is 4.31 Å². The lowest BCUT2D eigenvalue weighted by molar-refractivity contribution is -0.143. The SMILES string of the molecule is COCCNC(=O)C(c1ccccc1)N(Cc1ccc(F)cc1)C(=O)COc1ccc(S(=O)(=O)N2CCOCC2)cc1. The van der Waals surface area contributed by atoms with Crippen molar-refractivity contribution < 1.29 is 36.6 Å². The van der Waals surface area contributed by atoms with Gasteiger partial charge in [0.05, 0.1) is 24.7 Å². The number of halogens is 1. The number of ether oxygens (including phenoxy) is 3. The van der Waals surface area contributed by atoms with Crippen molar-refractivity contribution >= 4 is 21.8 Å². The molecule has 2 amide bonds. The Kier molecular flexibility index (Phi) is 11.0. The molecule has 3 aromatic carbocycles. The van der Waals surface area contributed by atoms with Crippen LogP contribution in [0.3, 0.4) is 0 Å². The number of nitrogens with one attached hydrogen (secondary N) is 1. The first-order valence-corrected chi connectivity index (χ1v) is 14.9. The molecule has 0 bridgehead atoms. The van der Waals surface area contributed by atoms with Gasteiger partial charge in [-0.05, 0) is 47.5 Å². The van der Waals surface area contributed by atoms with E-state index in [-0.39, 0.29) is 36.8 Å². The summed E-state index contributed by atoms with van der Waals surface area (Å²) in [5.41, 5.74) is 1.20. The molecule has 224 valence electrons. The van der Waals surface area contributed by atoms with E-state index in [0.29, 0.717) is 30.9 Å². The molecule has 1 N–H and O–H groups in total. The van der Waals surface area contributed by atoms with E-state index in [1.807, 2.05) is 6.07 Å². The minimum atomic E-state index is -3.68. The van der Waals surface area contributed by atoms with Gasteiger partial charge in [0.2, 0.25) is 15.9 Å². The molecule has 10 nitrogen and oxygen atoms in total. The van der Waals surface area contributed by atoms with Gasteiger partial charge in [-0.1, -0.05) is 42.5 Å². The smallest absolute Gasteiger partial charge is 0.261 e. The number of sulfonamides is 1. The number of nitrogens with zero attached hydrogens (tertiary/aromatic N) is 2. The lowest BCUT2D eigenvalue weighted by Crippen LogP contribution is -2.45. The molecule has 1 aliphatic rings. The van der Waals surface area contributed by atoms with Gasteiger partial charge in [-0.3, -0.25) is 9.59 Å². The predicted molar refractivity (Wildman–Crippen MR) is 153 cm³/mol. The van der Waals surface area contributed by atoms with E-state index in [9.17, 15) is 22.4 Å². The van der Waals surface area contributed by atoms with E-state index < -0.39 is 40.3 Å². The molecule has 1 unspecified atom stereocenters. The van der Waals surface area contributed by atoms with Crippen molar-refractivity contribution in [3.05, 3.63) is 95.8 Å². The summed E-state index contributed by atoms with van der Waals surface area (Å²) in [6.45, 7) is 1.35. The minimum absolute atomic E-state index is 0.0104. The Balaban J connectivity index is 1.54. The molecule has 1 aliphatic heterocycles. The maximum atomic E-state index is 13.7. The highest BCUT2D eigenvalue weighted by atomic mass is 32.2. The van der Waals surface area contributed by atoms with Gasteiger partial charge < -0.3 is 24.4 Å². The predicted octanol–water partition coefficient (Wildman–Crippen LogP) is 2.76. The van der Waals surface area contributed by atoms with E-state index in [2.05, 4.69) is 5.32 Å².